The van der Waals surface area contributed by atoms with Gasteiger partial charge in [0.25, 0.3) is 0 Å². The second-order valence-corrected chi connectivity index (χ2v) is 4.07. The Labute approximate surface area is 91.4 Å². The fraction of sp³-hybridized carbons (Fsp3) is 0.727. The summed E-state index contributed by atoms with van der Waals surface area (Å²) in [4.78, 5) is 0. The third-order valence-electron chi connectivity index (χ3n) is 2.57. The molecule has 0 fully saturated rings. The van der Waals surface area contributed by atoms with Crippen molar-refractivity contribution in [3.05, 3.63) is 18.0 Å². The number of ether oxygens (including phenoxy) is 1. The molecule has 0 saturated carbocycles. The predicted molar refractivity (Wildman–Crippen MR) is 60.4 cm³/mol. The number of rotatable bonds is 5. The topological polar surface area (TPSA) is 53.1 Å². The van der Waals surface area contributed by atoms with E-state index in [9.17, 15) is 0 Å². The van der Waals surface area contributed by atoms with Gasteiger partial charge in [-0.05, 0) is 18.9 Å². The van der Waals surface area contributed by atoms with Gasteiger partial charge in [-0.2, -0.15) is 5.10 Å². The molecule has 2 atom stereocenters. The van der Waals surface area contributed by atoms with Crippen LogP contribution in [-0.4, -0.2) is 22.5 Å². The average Bonchev–Trinajstić information content (AvgIpc) is 2.59. The third-order valence-corrected chi connectivity index (χ3v) is 2.57. The Kier molecular flexibility index (Phi) is 4.29. The van der Waals surface area contributed by atoms with Crippen molar-refractivity contribution in [1.29, 1.82) is 0 Å². The first-order valence-corrected chi connectivity index (χ1v) is 5.43. The molecule has 1 rings (SSSR count). The average molecular weight is 211 g/mol. The molecule has 0 aliphatic heterocycles. The van der Waals surface area contributed by atoms with E-state index in [-0.39, 0.29) is 12.1 Å². The quantitative estimate of drug-likeness (QED) is 0.802. The van der Waals surface area contributed by atoms with E-state index < -0.39 is 0 Å². The SMILES string of the molecule is CCOC(C(C)C)C(N)c1ccnn1C. The molecule has 4 heteroatoms. The molecule has 1 aromatic heterocycles. The van der Waals surface area contributed by atoms with Crippen LogP contribution in [0.15, 0.2) is 12.3 Å². The van der Waals surface area contributed by atoms with Crippen LogP contribution >= 0.6 is 0 Å². The van der Waals surface area contributed by atoms with Crippen molar-refractivity contribution < 1.29 is 4.74 Å². The van der Waals surface area contributed by atoms with Gasteiger partial charge >= 0.3 is 0 Å². The van der Waals surface area contributed by atoms with E-state index in [0.29, 0.717) is 12.5 Å². The zero-order valence-corrected chi connectivity index (χ0v) is 9.97. The summed E-state index contributed by atoms with van der Waals surface area (Å²) in [5.74, 6) is 0.398. The predicted octanol–water partition coefficient (Wildman–Crippen LogP) is 1.48. The second-order valence-electron chi connectivity index (χ2n) is 4.07. The maximum absolute atomic E-state index is 6.19. The fourth-order valence-electron chi connectivity index (χ4n) is 1.78. The summed E-state index contributed by atoms with van der Waals surface area (Å²) in [6.07, 6.45) is 1.81. The van der Waals surface area contributed by atoms with Crippen molar-refractivity contribution in [2.24, 2.45) is 18.7 Å². The van der Waals surface area contributed by atoms with E-state index in [2.05, 4.69) is 18.9 Å². The maximum atomic E-state index is 6.19. The van der Waals surface area contributed by atoms with E-state index in [1.807, 2.05) is 20.0 Å². The van der Waals surface area contributed by atoms with Crippen LogP contribution in [0.4, 0.5) is 0 Å². The summed E-state index contributed by atoms with van der Waals surface area (Å²) in [6, 6.07) is 1.83. The lowest BCUT2D eigenvalue weighted by Crippen LogP contribution is -2.34. The van der Waals surface area contributed by atoms with Crippen molar-refractivity contribution in [1.82, 2.24) is 9.78 Å². The molecule has 0 amide bonds. The highest BCUT2D eigenvalue weighted by Crippen LogP contribution is 2.21. The van der Waals surface area contributed by atoms with E-state index in [4.69, 9.17) is 10.5 Å². The summed E-state index contributed by atoms with van der Waals surface area (Å²) in [5.41, 5.74) is 7.20. The highest BCUT2D eigenvalue weighted by molar-refractivity contribution is 5.08. The zero-order valence-electron chi connectivity index (χ0n) is 9.97. The molecule has 1 heterocycles. The minimum atomic E-state index is -0.113. The Bertz CT molecular complexity index is 296. The van der Waals surface area contributed by atoms with E-state index in [1.165, 1.54) is 0 Å². The lowest BCUT2D eigenvalue weighted by atomic mass is 9.97. The molecule has 0 aromatic carbocycles. The Hall–Kier alpha value is -0.870. The molecule has 0 aliphatic carbocycles. The van der Waals surface area contributed by atoms with Crippen molar-refractivity contribution in [3.63, 3.8) is 0 Å². The van der Waals surface area contributed by atoms with Crippen LogP contribution in [0.5, 0.6) is 0 Å². The van der Waals surface area contributed by atoms with Gasteiger partial charge in [-0.3, -0.25) is 4.68 Å². The molecule has 15 heavy (non-hydrogen) atoms. The lowest BCUT2D eigenvalue weighted by molar-refractivity contribution is 0.0105. The van der Waals surface area contributed by atoms with Crippen molar-refractivity contribution in [3.8, 4) is 0 Å². The Morgan fingerprint density at radius 3 is 2.60 bits per heavy atom. The Balaban J connectivity index is 2.80. The number of aromatic nitrogens is 2. The van der Waals surface area contributed by atoms with Gasteiger partial charge in [-0.15, -0.1) is 0 Å². The first-order valence-electron chi connectivity index (χ1n) is 5.43. The highest BCUT2D eigenvalue weighted by Gasteiger charge is 2.24. The van der Waals surface area contributed by atoms with Crippen LogP contribution in [0.3, 0.4) is 0 Å². The number of nitrogens with zero attached hydrogens (tertiary/aromatic N) is 2. The lowest BCUT2D eigenvalue weighted by Gasteiger charge is -2.27. The molecule has 2 N–H and O–H groups in total. The molecule has 0 saturated heterocycles. The summed E-state index contributed by atoms with van der Waals surface area (Å²) >= 11 is 0. The number of nitrogens with two attached hydrogens (primary N) is 1. The minimum absolute atomic E-state index is 0.0467. The van der Waals surface area contributed by atoms with Gasteiger partial charge in [0.15, 0.2) is 0 Å². The van der Waals surface area contributed by atoms with Gasteiger partial charge in [0, 0.05) is 19.9 Å². The fourth-order valence-corrected chi connectivity index (χ4v) is 1.78. The second kappa shape index (κ2) is 5.28. The van der Waals surface area contributed by atoms with Crippen LogP contribution < -0.4 is 5.73 Å². The molecule has 0 aliphatic rings. The first-order chi connectivity index (χ1) is 7.07. The highest BCUT2D eigenvalue weighted by atomic mass is 16.5. The molecule has 1 aromatic rings. The molecule has 4 nitrogen and oxygen atoms in total. The van der Waals surface area contributed by atoms with Gasteiger partial charge < -0.3 is 10.5 Å². The normalized spacial score (nSPS) is 15.6. The summed E-state index contributed by atoms with van der Waals surface area (Å²) in [5, 5.41) is 4.12. The van der Waals surface area contributed by atoms with Crippen LogP contribution in [0.2, 0.25) is 0 Å². The van der Waals surface area contributed by atoms with E-state index >= 15 is 0 Å². The van der Waals surface area contributed by atoms with Crippen LogP contribution in [-0.2, 0) is 11.8 Å². The number of hydrogen-bond donors (Lipinski definition) is 1. The number of aryl methyl sites for hydroxylation is 1. The molecular weight excluding hydrogens is 190 g/mol. The van der Waals surface area contributed by atoms with Crippen molar-refractivity contribution in [2.75, 3.05) is 6.61 Å². The summed E-state index contributed by atoms with van der Waals surface area (Å²) < 4.78 is 7.48. The van der Waals surface area contributed by atoms with E-state index in [0.717, 1.165) is 5.69 Å². The molecule has 0 spiro atoms. The minimum Gasteiger partial charge on any atom is -0.376 e. The summed E-state index contributed by atoms with van der Waals surface area (Å²) in [7, 11) is 1.90. The van der Waals surface area contributed by atoms with Gasteiger partial charge in [-0.1, -0.05) is 13.8 Å². The largest absolute Gasteiger partial charge is 0.376 e. The monoisotopic (exact) mass is 211 g/mol. The van der Waals surface area contributed by atoms with Gasteiger partial charge in [-0.25, -0.2) is 0 Å². The smallest absolute Gasteiger partial charge is 0.0805 e. The van der Waals surface area contributed by atoms with Crippen LogP contribution in [0.1, 0.15) is 32.5 Å². The standard InChI is InChI=1S/C11H21N3O/c1-5-15-11(8(2)3)10(12)9-6-7-13-14(9)4/h6-8,10-11H,5,12H2,1-4H3. The molecular formula is C11H21N3O. The third kappa shape index (κ3) is 2.79. The van der Waals surface area contributed by atoms with E-state index in [1.54, 1.807) is 10.9 Å². The van der Waals surface area contributed by atoms with Crippen LogP contribution in [0, 0.1) is 5.92 Å². The molecule has 2 unspecified atom stereocenters. The Morgan fingerprint density at radius 2 is 2.20 bits per heavy atom. The van der Waals surface area contributed by atoms with Gasteiger partial charge in [0.1, 0.15) is 0 Å². The van der Waals surface area contributed by atoms with Crippen LogP contribution in [0.25, 0.3) is 0 Å². The summed E-state index contributed by atoms with van der Waals surface area (Å²) in [6.45, 7) is 6.92. The molecule has 86 valence electrons. The van der Waals surface area contributed by atoms with Gasteiger partial charge in [0.05, 0.1) is 17.8 Å². The van der Waals surface area contributed by atoms with Gasteiger partial charge in [0.2, 0.25) is 0 Å². The molecule has 0 bridgehead atoms. The Morgan fingerprint density at radius 1 is 1.53 bits per heavy atom. The van der Waals surface area contributed by atoms with Crippen molar-refractivity contribution >= 4 is 0 Å². The number of hydrogen-bond acceptors (Lipinski definition) is 3. The maximum Gasteiger partial charge on any atom is 0.0805 e. The van der Waals surface area contributed by atoms with Crippen molar-refractivity contribution in [2.45, 2.75) is 32.9 Å². The zero-order chi connectivity index (χ0) is 11.4. The molecule has 0 radical (unpaired) electrons. The first kappa shape index (κ1) is 12.2.